The van der Waals surface area contributed by atoms with E-state index < -0.39 is 0 Å². The molecule has 0 aromatic heterocycles. The van der Waals surface area contributed by atoms with Crippen molar-refractivity contribution in [1.29, 1.82) is 0 Å². The Hall–Kier alpha value is -0.120. The minimum Gasteiger partial charge on any atom is -0.356 e. The number of piperidine rings is 1. The van der Waals surface area contributed by atoms with Crippen LogP contribution in [0.1, 0.15) is 26.2 Å². The fourth-order valence-corrected chi connectivity index (χ4v) is 1.40. The van der Waals surface area contributed by atoms with Crippen LogP contribution in [-0.2, 0) is 9.47 Å². The fraction of sp³-hybridized carbons (Fsp3) is 1.00. The second-order valence-corrected chi connectivity index (χ2v) is 3.13. The van der Waals surface area contributed by atoms with E-state index in [9.17, 15) is 0 Å². The summed E-state index contributed by atoms with van der Waals surface area (Å²) in [7, 11) is 0. The molecule has 1 fully saturated rings. The first-order chi connectivity index (χ1) is 5.93. The van der Waals surface area contributed by atoms with Gasteiger partial charge >= 0.3 is 0 Å². The Morgan fingerprint density at radius 2 is 2.25 bits per heavy atom. The average molecular weight is 173 g/mol. The first-order valence-electron chi connectivity index (χ1n) is 4.82. The van der Waals surface area contributed by atoms with Crippen molar-refractivity contribution >= 4 is 0 Å². The third-order valence-corrected chi connectivity index (χ3v) is 2.10. The Kier molecular flexibility index (Phi) is 5.32. The van der Waals surface area contributed by atoms with Crippen molar-refractivity contribution in [3.05, 3.63) is 0 Å². The third-order valence-electron chi connectivity index (χ3n) is 2.10. The van der Waals surface area contributed by atoms with Crippen molar-refractivity contribution < 1.29 is 9.47 Å². The molecule has 0 bridgehead atoms. The van der Waals surface area contributed by atoms with E-state index in [1.807, 2.05) is 6.92 Å². The topological polar surface area (TPSA) is 30.5 Å². The molecule has 72 valence electrons. The van der Waals surface area contributed by atoms with Gasteiger partial charge in [0.15, 0.2) is 0 Å². The van der Waals surface area contributed by atoms with Gasteiger partial charge in [-0.25, -0.2) is 0 Å². The second kappa shape index (κ2) is 6.40. The summed E-state index contributed by atoms with van der Waals surface area (Å²) in [5.41, 5.74) is 0. The van der Waals surface area contributed by atoms with Crippen LogP contribution in [0.2, 0.25) is 0 Å². The van der Waals surface area contributed by atoms with Crippen LogP contribution in [0, 0.1) is 0 Å². The Bertz CT molecular complexity index is 103. The predicted octanol–water partition coefficient (Wildman–Crippen LogP) is 1.14. The molecule has 1 rings (SSSR count). The van der Waals surface area contributed by atoms with Gasteiger partial charge in [0.1, 0.15) is 6.79 Å². The first-order valence-corrected chi connectivity index (χ1v) is 4.82. The van der Waals surface area contributed by atoms with E-state index in [1.165, 1.54) is 19.3 Å². The van der Waals surface area contributed by atoms with Gasteiger partial charge in [0, 0.05) is 12.6 Å². The smallest absolute Gasteiger partial charge is 0.146 e. The molecule has 0 aromatic carbocycles. The summed E-state index contributed by atoms with van der Waals surface area (Å²) in [6.45, 7) is 5.08. The Balaban J connectivity index is 1.91. The van der Waals surface area contributed by atoms with Gasteiger partial charge in [-0.05, 0) is 26.3 Å². The molecule has 0 aliphatic carbocycles. The lowest BCUT2D eigenvalue weighted by atomic mass is 10.1. The number of hydrogen-bond donors (Lipinski definition) is 1. The van der Waals surface area contributed by atoms with Crippen LogP contribution in [0.5, 0.6) is 0 Å². The highest BCUT2D eigenvalue weighted by Gasteiger charge is 2.11. The molecule has 0 spiro atoms. The lowest BCUT2D eigenvalue weighted by Crippen LogP contribution is -2.37. The van der Waals surface area contributed by atoms with Crippen LogP contribution < -0.4 is 5.32 Å². The minimum atomic E-state index is 0.439. The zero-order valence-electron chi connectivity index (χ0n) is 7.84. The fourth-order valence-electron chi connectivity index (χ4n) is 1.40. The van der Waals surface area contributed by atoms with Crippen LogP contribution in [0.4, 0.5) is 0 Å². The van der Waals surface area contributed by atoms with Gasteiger partial charge in [-0.2, -0.15) is 0 Å². The molecule has 1 aliphatic heterocycles. The monoisotopic (exact) mass is 173 g/mol. The molecular weight excluding hydrogens is 154 g/mol. The molecule has 1 unspecified atom stereocenters. The van der Waals surface area contributed by atoms with Crippen molar-refractivity contribution in [3.63, 3.8) is 0 Å². The molecule has 12 heavy (non-hydrogen) atoms. The van der Waals surface area contributed by atoms with Gasteiger partial charge in [0.25, 0.3) is 0 Å². The first kappa shape index (κ1) is 9.96. The van der Waals surface area contributed by atoms with Gasteiger partial charge in [0.2, 0.25) is 0 Å². The summed E-state index contributed by atoms with van der Waals surface area (Å²) < 4.78 is 10.4. The van der Waals surface area contributed by atoms with E-state index in [0.29, 0.717) is 12.8 Å². The Morgan fingerprint density at radius 1 is 1.33 bits per heavy atom. The maximum absolute atomic E-state index is 5.33. The summed E-state index contributed by atoms with van der Waals surface area (Å²) in [6.07, 6.45) is 3.88. The van der Waals surface area contributed by atoms with E-state index in [2.05, 4.69) is 5.32 Å². The van der Waals surface area contributed by atoms with Gasteiger partial charge in [-0.15, -0.1) is 0 Å². The van der Waals surface area contributed by atoms with E-state index in [-0.39, 0.29) is 0 Å². The number of ether oxygens (including phenoxy) is 2. The number of nitrogens with one attached hydrogen (secondary N) is 1. The largest absolute Gasteiger partial charge is 0.356 e. The zero-order valence-corrected chi connectivity index (χ0v) is 7.84. The lowest BCUT2D eigenvalue weighted by Gasteiger charge is -2.22. The van der Waals surface area contributed by atoms with Crippen LogP contribution in [0.15, 0.2) is 0 Å². The summed E-state index contributed by atoms with van der Waals surface area (Å²) in [6, 6.07) is 0.555. The summed E-state index contributed by atoms with van der Waals surface area (Å²) in [4.78, 5) is 0. The second-order valence-electron chi connectivity index (χ2n) is 3.13. The molecule has 0 saturated carbocycles. The van der Waals surface area contributed by atoms with Crippen LogP contribution in [0.25, 0.3) is 0 Å². The average Bonchev–Trinajstić information content (AvgIpc) is 2.14. The minimum absolute atomic E-state index is 0.439. The predicted molar refractivity (Wildman–Crippen MR) is 48.1 cm³/mol. The molecular formula is C9H19NO2. The third kappa shape index (κ3) is 4.04. The van der Waals surface area contributed by atoms with Crippen molar-refractivity contribution in [2.45, 2.75) is 32.2 Å². The van der Waals surface area contributed by atoms with Crippen LogP contribution >= 0.6 is 0 Å². The maximum Gasteiger partial charge on any atom is 0.146 e. The van der Waals surface area contributed by atoms with Crippen molar-refractivity contribution in [2.75, 3.05) is 26.6 Å². The lowest BCUT2D eigenvalue weighted by molar-refractivity contribution is -0.0571. The van der Waals surface area contributed by atoms with E-state index in [0.717, 1.165) is 19.8 Å². The highest BCUT2D eigenvalue weighted by Crippen LogP contribution is 2.06. The molecule has 0 amide bonds. The Labute approximate surface area is 74.4 Å². The highest BCUT2D eigenvalue weighted by atomic mass is 16.7. The standard InChI is InChI=1S/C9H19NO2/c1-2-11-8-12-7-9-5-3-4-6-10-9/h9-10H,2-8H2,1H3. The Morgan fingerprint density at radius 3 is 2.92 bits per heavy atom. The van der Waals surface area contributed by atoms with E-state index >= 15 is 0 Å². The molecule has 1 saturated heterocycles. The molecule has 3 heteroatoms. The maximum atomic E-state index is 5.33. The molecule has 1 heterocycles. The molecule has 1 N–H and O–H groups in total. The quantitative estimate of drug-likeness (QED) is 0.499. The highest BCUT2D eigenvalue weighted by molar-refractivity contribution is 4.70. The van der Waals surface area contributed by atoms with Gasteiger partial charge in [-0.1, -0.05) is 6.42 Å². The van der Waals surface area contributed by atoms with Gasteiger partial charge in [-0.3, -0.25) is 0 Å². The van der Waals surface area contributed by atoms with Gasteiger partial charge < -0.3 is 14.8 Å². The summed E-state index contributed by atoms with van der Waals surface area (Å²) in [5.74, 6) is 0. The SMILES string of the molecule is CCOCOCC1CCCCN1. The molecule has 1 aliphatic rings. The number of hydrogen-bond acceptors (Lipinski definition) is 3. The molecule has 1 atom stereocenters. The normalized spacial score (nSPS) is 24.2. The van der Waals surface area contributed by atoms with E-state index in [4.69, 9.17) is 9.47 Å². The summed E-state index contributed by atoms with van der Waals surface area (Å²) in [5, 5.41) is 3.42. The zero-order chi connectivity index (χ0) is 8.65. The van der Waals surface area contributed by atoms with Crippen molar-refractivity contribution in [3.8, 4) is 0 Å². The molecule has 0 radical (unpaired) electrons. The van der Waals surface area contributed by atoms with Crippen LogP contribution in [0.3, 0.4) is 0 Å². The number of rotatable bonds is 5. The van der Waals surface area contributed by atoms with Crippen molar-refractivity contribution in [2.24, 2.45) is 0 Å². The molecule has 3 nitrogen and oxygen atoms in total. The van der Waals surface area contributed by atoms with E-state index in [1.54, 1.807) is 0 Å². The van der Waals surface area contributed by atoms with Crippen LogP contribution in [-0.4, -0.2) is 32.6 Å². The van der Waals surface area contributed by atoms with Gasteiger partial charge in [0.05, 0.1) is 6.61 Å². The van der Waals surface area contributed by atoms with Crippen molar-refractivity contribution in [1.82, 2.24) is 5.32 Å². The molecule has 0 aromatic rings. The summed E-state index contributed by atoms with van der Waals surface area (Å²) >= 11 is 0.